The molecule has 0 saturated carbocycles. The van der Waals surface area contributed by atoms with Crippen molar-refractivity contribution in [3.8, 4) is 0 Å². The second-order valence-electron chi connectivity index (χ2n) is 4.53. The topological polar surface area (TPSA) is 60.0 Å². The van der Waals surface area contributed by atoms with Crippen LogP contribution < -0.4 is 10.6 Å². The molecule has 0 unspecified atom stereocenters. The molecular formula is C13H17N5S. The lowest BCUT2D eigenvalue weighted by molar-refractivity contribution is 0.754. The highest BCUT2D eigenvalue weighted by Crippen LogP contribution is 2.15. The Bertz CT molecular complexity index is 605. The number of hydrogen-bond donors (Lipinski definition) is 1. The minimum absolute atomic E-state index is 0.386. The highest BCUT2D eigenvalue weighted by atomic mass is 32.1. The number of pyridine rings is 1. The number of imidazole rings is 1. The van der Waals surface area contributed by atoms with Crippen molar-refractivity contribution < 1.29 is 0 Å². The molecule has 100 valence electrons. The van der Waals surface area contributed by atoms with Crippen LogP contribution in [-0.2, 0) is 13.6 Å². The van der Waals surface area contributed by atoms with Crippen molar-refractivity contribution in [3.63, 3.8) is 0 Å². The molecule has 2 aromatic rings. The smallest absolute Gasteiger partial charge is 0.129 e. The van der Waals surface area contributed by atoms with Crippen LogP contribution in [0.3, 0.4) is 0 Å². The minimum atomic E-state index is 0.386. The van der Waals surface area contributed by atoms with Crippen molar-refractivity contribution in [1.82, 2.24) is 14.5 Å². The molecular weight excluding hydrogens is 258 g/mol. The second-order valence-corrected chi connectivity index (χ2v) is 4.97. The summed E-state index contributed by atoms with van der Waals surface area (Å²) < 4.78 is 1.99. The van der Waals surface area contributed by atoms with Crippen LogP contribution in [0.5, 0.6) is 0 Å². The predicted molar refractivity (Wildman–Crippen MR) is 80.2 cm³/mol. The zero-order valence-corrected chi connectivity index (χ0v) is 12.1. The molecule has 0 aromatic carbocycles. The molecule has 0 aliphatic carbocycles. The Kier molecular flexibility index (Phi) is 3.80. The normalized spacial score (nSPS) is 10.5. The third kappa shape index (κ3) is 3.08. The number of nitrogens with two attached hydrogens (primary N) is 1. The van der Waals surface area contributed by atoms with E-state index < -0.39 is 0 Å². The van der Waals surface area contributed by atoms with Gasteiger partial charge in [0.1, 0.15) is 16.6 Å². The lowest BCUT2D eigenvalue weighted by Gasteiger charge is -2.19. The van der Waals surface area contributed by atoms with Crippen molar-refractivity contribution in [2.45, 2.75) is 13.5 Å². The van der Waals surface area contributed by atoms with Gasteiger partial charge in [-0.05, 0) is 19.1 Å². The van der Waals surface area contributed by atoms with E-state index in [0.717, 1.165) is 22.9 Å². The first-order valence-corrected chi connectivity index (χ1v) is 6.34. The minimum Gasteiger partial charge on any atom is -0.389 e. The highest BCUT2D eigenvalue weighted by Gasteiger charge is 2.09. The largest absolute Gasteiger partial charge is 0.389 e. The molecule has 0 bridgehead atoms. The van der Waals surface area contributed by atoms with Crippen LogP contribution in [0, 0.1) is 6.92 Å². The molecule has 0 saturated heterocycles. The molecule has 2 aromatic heterocycles. The first kappa shape index (κ1) is 13.5. The molecule has 0 radical (unpaired) electrons. The molecule has 6 heteroatoms. The summed E-state index contributed by atoms with van der Waals surface area (Å²) in [6.07, 6.45) is 3.71. The maximum atomic E-state index is 5.68. The fourth-order valence-corrected chi connectivity index (χ4v) is 1.95. The number of hydrogen-bond acceptors (Lipinski definition) is 4. The van der Waals surface area contributed by atoms with E-state index in [2.05, 4.69) is 9.97 Å². The molecule has 0 fully saturated rings. The molecule has 2 rings (SSSR count). The summed E-state index contributed by atoms with van der Waals surface area (Å²) in [5, 5.41) is 0. The van der Waals surface area contributed by atoms with Gasteiger partial charge in [-0.3, -0.25) is 0 Å². The van der Waals surface area contributed by atoms with Gasteiger partial charge in [0.25, 0.3) is 0 Å². The summed E-state index contributed by atoms with van der Waals surface area (Å²) in [6, 6.07) is 3.79. The second kappa shape index (κ2) is 5.36. The molecule has 19 heavy (non-hydrogen) atoms. The average Bonchev–Trinajstić information content (AvgIpc) is 2.74. The number of aromatic nitrogens is 3. The van der Waals surface area contributed by atoms with Crippen LogP contribution in [0.1, 0.15) is 17.1 Å². The number of anilines is 1. The fraction of sp³-hybridized carbons (Fsp3) is 0.308. The zero-order valence-electron chi connectivity index (χ0n) is 11.3. The third-order valence-electron chi connectivity index (χ3n) is 2.92. The van der Waals surface area contributed by atoms with E-state index >= 15 is 0 Å². The van der Waals surface area contributed by atoms with Gasteiger partial charge in [0, 0.05) is 37.7 Å². The SMILES string of the molecule is Cc1cc(C(N)=S)cc(N(C)Cc2nccn2C)n1. The summed E-state index contributed by atoms with van der Waals surface area (Å²) in [6.45, 7) is 2.61. The van der Waals surface area contributed by atoms with Crippen LogP contribution in [0.15, 0.2) is 24.5 Å². The Balaban J connectivity index is 2.26. The number of nitrogens with zero attached hydrogens (tertiary/aromatic N) is 4. The van der Waals surface area contributed by atoms with Gasteiger partial charge in [-0.25, -0.2) is 9.97 Å². The molecule has 0 amide bonds. The van der Waals surface area contributed by atoms with E-state index in [9.17, 15) is 0 Å². The van der Waals surface area contributed by atoms with Crippen LogP contribution in [0.2, 0.25) is 0 Å². The molecule has 0 aliphatic rings. The first-order valence-electron chi connectivity index (χ1n) is 5.93. The molecule has 0 aliphatic heterocycles. The van der Waals surface area contributed by atoms with E-state index in [4.69, 9.17) is 18.0 Å². The van der Waals surface area contributed by atoms with Crippen molar-refractivity contribution in [2.24, 2.45) is 12.8 Å². The molecule has 2 N–H and O–H groups in total. The van der Waals surface area contributed by atoms with E-state index in [1.54, 1.807) is 6.20 Å². The third-order valence-corrected chi connectivity index (χ3v) is 3.15. The van der Waals surface area contributed by atoms with E-state index in [1.807, 2.05) is 48.8 Å². The van der Waals surface area contributed by atoms with Crippen LogP contribution >= 0.6 is 12.2 Å². The Morgan fingerprint density at radius 1 is 1.47 bits per heavy atom. The summed E-state index contributed by atoms with van der Waals surface area (Å²) in [4.78, 5) is 11.2. The maximum Gasteiger partial charge on any atom is 0.129 e. The lowest BCUT2D eigenvalue weighted by atomic mass is 10.2. The summed E-state index contributed by atoms with van der Waals surface area (Å²) >= 11 is 5.02. The summed E-state index contributed by atoms with van der Waals surface area (Å²) in [7, 11) is 3.94. The summed E-state index contributed by atoms with van der Waals surface area (Å²) in [5.74, 6) is 1.81. The van der Waals surface area contributed by atoms with Crippen molar-refractivity contribution in [1.29, 1.82) is 0 Å². The first-order chi connectivity index (χ1) is 8.97. The van der Waals surface area contributed by atoms with Crippen molar-refractivity contribution in [2.75, 3.05) is 11.9 Å². The van der Waals surface area contributed by atoms with Gasteiger partial charge in [0.2, 0.25) is 0 Å². The predicted octanol–water partition coefficient (Wildman–Crippen LogP) is 1.39. The van der Waals surface area contributed by atoms with Gasteiger partial charge in [-0.2, -0.15) is 0 Å². The van der Waals surface area contributed by atoms with Crippen LogP contribution in [0.25, 0.3) is 0 Å². The monoisotopic (exact) mass is 275 g/mol. The van der Waals surface area contributed by atoms with E-state index in [1.165, 1.54) is 0 Å². The number of thiocarbonyl (C=S) groups is 1. The van der Waals surface area contributed by atoms with Gasteiger partial charge < -0.3 is 15.2 Å². The van der Waals surface area contributed by atoms with Gasteiger partial charge in [0.15, 0.2) is 0 Å². The van der Waals surface area contributed by atoms with Crippen LogP contribution in [-0.4, -0.2) is 26.6 Å². The van der Waals surface area contributed by atoms with Crippen LogP contribution in [0.4, 0.5) is 5.82 Å². The molecule has 5 nitrogen and oxygen atoms in total. The van der Waals surface area contributed by atoms with Gasteiger partial charge in [-0.15, -0.1) is 0 Å². The Morgan fingerprint density at radius 2 is 2.21 bits per heavy atom. The Morgan fingerprint density at radius 3 is 2.79 bits per heavy atom. The van der Waals surface area contributed by atoms with E-state index in [-0.39, 0.29) is 0 Å². The van der Waals surface area contributed by atoms with Gasteiger partial charge in [0.05, 0.1) is 6.54 Å². The van der Waals surface area contributed by atoms with Gasteiger partial charge >= 0.3 is 0 Å². The molecule has 0 spiro atoms. The number of rotatable bonds is 4. The van der Waals surface area contributed by atoms with E-state index in [0.29, 0.717) is 11.5 Å². The zero-order chi connectivity index (χ0) is 14.0. The molecule has 2 heterocycles. The number of aryl methyl sites for hydroxylation is 2. The standard InChI is InChI=1S/C13H17N5S/c1-9-6-10(13(14)19)7-11(16-9)18(3)8-12-15-4-5-17(12)2/h4-7H,8H2,1-3H3,(H2,14,19). The quantitative estimate of drug-likeness (QED) is 0.855. The van der Waals surface area contributed by atoms with Gasteiger partial charge in [-0.1, -0.05) is 12.2 Å². The fourth-order valence-electron chi connectivity index (χ4n) is 1.83. The Hall–Kier alpha value is -1.95. The molecule has 0 atom stereocenters. The average molecular weight is 275 g/mol. The van der Waals surface area contributed by atoms with Crippen molar-refractivity contribution in [3.05, 3.63) is 41.6 Å². The maximum absolute atomic E-state index is 5.68. The highest BCUT2D eigenvalue weighted by molar-refractivity contribution is 7.80. The lowest BCUT2D eigenvalue weighted by Crippen LogP contribution is -2.21. The Labute approximate surface area is 118 Å². The van der Waals surface area contributed by atoms with Crippen molar-refractivity contribution >= 4 is 23.0 Å². The summed E-state index contributed by atoms with van der Waals surface area (Å²) in [5.41, 5.74) is 7.41.